The van der Waals surface area contributed by atoms with Crippen molar-refractivity contribution >= 4 is 11.7 Å². The first kappa shape index (κ1) is 14.4. The standard InChI is InChI=1S/C9H10N2O3.C3H4N2/c1-6(12)11-5-8(13)7-3-2-4-10-9(7)14;1-2-5-3-4-1/h2-4H,5H2,1H3,(H,10,14)(H,11,12);1-3H,(H,4,5). The zero-order valence-corrected chi connectivity index (χ0v) is 10.3. The molecule has 3 N–H and O–H groups in total. The van der Waals surface area contributed by atoms with Crippen LogP contribution in [0.3, 0.4) is 0 Å². The smallest absolute Gasteiger partial charge is 0.258 e. The van der Waals surface area contributed by atoms with Gasteiger partial charge in [0.05, 0.1) is 18.4 Å². The number of hydrogen-bond donors (Lipinski definition) is 3. The van der Waals surface area contributed by atoms with E-state index < -0.39 is 11.3 Å². The summed E-state index contributed by atoms with van der Waals surface area (Å²) in [5, 5.41) is 2.33. The van der Waals surface area contributed by atoms with E-state index in [2.05, 4.69) is 20.3 Å². The molecule has 0 saturated heterocycles. The number of ketones is 1. The topological polar surface area (TPSA) is 108 Å². The molecule has 2 heterocycles. The molecule has 2 aromatic heterocycles. The number of hydrogen-bond acceptors (Lipinski definition) is 4. The molecule has 0 saturated carbocycles. The number of pyridine rings is 1. The van der Waals surface area contributed by atoms with E-state index in [1.807, 2.05) is 0 Å². The molecule has 0 fully saturated rings. The summed E-state index contributed by atoms with van der Waals surface area (Å²) in [6.07, 6.45) is 6.53. The fourth-order valence-corrected chi connectivity index (χ4v) is 1.16. The van der Waals surface area contributed by atoms with Crippen LogP contribution in [0.25, 0.3) is 0 Å². The van der Waals surface area contributed by atoms with E-state index in [-0.39, 0.29) is 18.0 Å². The summed E-state index contributed by atoms with van der Waals surface area (Å²) >= 11 is 0. The molecule has 0 aliphatic carbocycles. The quantitative estimate of drug-likeness (QED) is 0.682. The van der Waals surface area contributed by atoms with Crippen molar-refractivity contribution in [1.29, 1.82) is 0 Å². The Morgan fingerprint density at radius 3 is 2.63 bits per heavy atom. The molecule has 0 unspecified atom stereocenters. The van der Waals surface area contributed by atoms with E-state index in [0.717, 1.165) is 0 Å². The number of Topliss-reactive ketones (excluding diaryl/α,β-unsaturated/α-hetero) is 1. The first-order valence-electron chi connectivity index (χ1n) is 5.49. The maximum absolute atomic E-state index is 11.3. The van der Waals surface area contributed by atoms with E-state index in [1.165, 1.54) is 19.2 Å². The van der Waals surface area contributed by atoms with Gasteiger partial charge in [0, 0.05) is 25.5 Å². The Labute approximate surface area is 109 Å². The SMILES string of the molecule is CC(=O)NCC(=O)c1ccc[nH]c1=O.c1c[nH]cn1. The van der Waals surface area contributed by atoms with Gasteiger partial charge in [0.15, 0.2) is 5.78 Å². The van der Waals surface area contributed by atoms with Gasteiger partial charge in [-0.15, -0.1) is 0 Å². The normalized spacial score (nSPS) is 9.11. The number of amides is 1. The molecule has 0 aliphatic rings. The second kappa shape index (κ2) is 7.59. The Balaban J connectivity index is 0.000000300. The molecule has 0 radical (unpaired) electrons. The predicted octanol–water partition coefficient (Wildman–Crippen LogP) is 0.103. The van der Waals surface area contributed by atoms with Gasteiger partial charge in [0.1, 0.15) is 0 Å². The Bertz CT molecular complexity index is 557. The number of H-pyrrole nitrogens is 2. The summed E-state index contributed by atoms with van der Waals surface area (Å²) in [4.78, 5) is 41.8. The number of aromatic nitrogens is 3. The first-order chi connectivity index (χ1) is 9.11. The van der Waals surface area contributed by atoms with Crippen LogP contribution in [-0.4, -0.2) is 33.2 Å². The molecule has 7 nitrogen and oxygen atoms in total. The largest absolute Gasteiger partial charge is 0.351 e. The van der Waals surface area contributed by atoms with Crippen molar-refractivity contribution in [3.63, 3.8) is 0 Å². The highest BCUT2D eigenvalue weighted by Gasteiger charge is 2.09. The molecule has 0 bridgehead atoms. The highest BCUT2D eigenvalue weighted by molar-refractivity contribution is 5.98. The van der Waals surface area contributed by atoms with E-state index >= 15 is 0 Å². The molecule has 0 aliphatic heterocycles. The van der Waals surface area contributed by atoms with E-state index in [4.69, 9.17) is 0 Å². The third-order valence-corrected chi connectivity index (χ3v) is 2.02. The summed E-state index contributed by atoms with van der Waals surface area (Å²) in [7, 11) is 0. The van der Waals surface area contributed by atoms with Crippen LogP contribution in [0.4, 0.5) is 0 Å². The van der Waals surface area contributed by atoms with Crippen LogP contribution in [0, 0.1) is 0 Å². The second-order valence-corrected chi connectivity index (χ2v) is 3.51. The van der Waals surface area contributed by atoms with Gasteiger partial charge in [-0.05, 0) is 12.1 Å². The minimum Gasteiger partial charge on any atom is -0.351 e. The van der Waals surface area contributed by atoms with E-state index in [9.17, 15) is 14.4 Å². The fourth-order valence-electron chi connectivity index (χ4n) is 1.16. The number of aromatic amines is 2. The van der Waals surface area contributed by atoms with Crippen molar-refractivity contribution in [3.05, 3.63) is 53.0 Å². The molecule has 1 amide bonds. The average Bonchev–Trinajstić information content (AvgIpc) is 2.95. The minimum absolute atomic E-state index is 0.0567. The molecule has 100 valence electrons. The summed E-state index contributed by atoms with van der Waals surface area (Å²) in [6, 6.07) is 2.98. The van der Waals surface area contributed by atoms with Crippen LogP contribution in [-0.2, 0) is 4.79 Å². The zero-order valence-electron chi connectivity index (χ0n) is 10.3. The number of carbonyl (C=O) groups excluding carboxylic acids is 2. The molecular weight excluding hydrogens is 248 g/mol. The number of nitrogens with one attached hydrogen (secondary N) is 3. The van der Waals surface area contributed by atoms with Gasteiger partial charge in [0.25, 0.3) is 5.56 Å². The average molecular weight is 262 g/mol. The van der Waals surface area contributed by atoms with Crippen molar-refractivity contribution in [3.8, 4) is 0 Å². The highest BCUT2D eigenvalue weighted by Crippen LogP contribution is 1.90. The van der Waals surface area contributed by atoms with Gasteiger partial charge >= 0.3 is 0 Å². The summed E-state index contributed by atoms with van der Waals surface area (Å²) in [6.45, 7) is 1.16. The summed E-state index contributed by atoms with van der Waals surface area (Å²) in [5.41, 5.74) is -0.385. The summed E-state index contributed by atoms with van der Waals surface area (Å²) in [5.74, 6) is -0.701. The molecule has 0 spiro atoms. The van der Waals surface area contributed by atoms with E-state index in [0.29, 0.717) is 0 Å². The predicted molar refractivity (Wildman–Crippen MR) is 68.7 cm³/mol. The van der Waals surface area contributed by atoms with Gasteiger partial charge in [-0.2, -0.15) is 0 Å². The lowest BCUT2D eigenvalue weighted by molar-refractivity contribution is -0.118. The van der Waals surface area contributed by atoms with Crippen molar-refractivity contribution in [2.24, 2.45) is 0 Å². The maximum atomic E-state index is 11.3. The lowest BCUT2D eigenvalue weighted by atomic mass is 10.2. The van der Waals surface area contributed by atoms with Crippen LogP contribution < -0.4 is 10.9 Å². The fraction of sp³-hybridized carbons (Fsp3) is 0.167. The second-order valence-electron chi connectivity index (χ2n) is 3.51. The van der Waals surface area contributed by atoms with Crippen LogP contribution in [0.1, 0.15) is 17.3 Å². The van der Waals surface area contributed by atoms with Gasteiger partial charge in [0.2, 0.25) is 5.91 Å². The van der Waals surface area contributed by atoms with Gasteiger partial charge in [-0.25, -0.2) is 4.98 Å². The van der Waals surface area contributed by atoms with Gasteiger partial charge in [-0.3, -0.25) is 14.4 Å². The summed E-state index contributed by atoms with van der Waals surface area (Å²) < 4.78 is 0. The van der Waals surface area contributed by atoms with Crippen LogP contribution in [0.5, 0.6) is 0 Å². The third-order valence-electron chi connectivity index (χ3n) is 2.02. The molecule has 0 aromatic carbocycles. The van der Waals surface area contributed by atoms with E-state index in [1.54, 1.807) is 24.8 Å². The van der Waals surface area contributed by atoms with Crippen molar-refractivity contribution in [1.82, 2.24) is 20.3 Å². The highest BCUT2D eigenvalue weighted by atomic mass is 16.2. The Hall–Kier alpha value is -2.70. The molecule has 2 rings (SSSR count). The molecule has 2 aromatic rings. The minimum atomic E-state index is -0.442. The van der Waals surface area contributed by atoms with Gasteiger partial charge < -0.3 is 15.3 Å². The lowest BCUT2D eigenvalue weighted by Crippen LogP contribution is -2.30. The number of carbonyl (C=O) groups is 2. The maximum Gasteiger partial charge on any atom is 0.258 e. The first-order valence-corrected chi connectivity index (χ1v) is 5.49. The zero-order chi connectivity index (χ0) is 14.1. The van der Waals surface area contributed by atoms with Crippen LogP contribution in [0.15, 0.2) is 41.8 Å². The third kappa shape index (κ3) is 5.44. The van der Waals surface area contributed by atoms with Crippen molar-refractivity contribution < 1.29 is 9.59 Å². The molecule has 7 heteroatoms. The molecular formula is C12H14N4O3. The van der Waals surface area contributed by atoms with Gasteiger partial charge in [-0.1, -0.05) is 0 Å². The Kier molecular flexibility index (Phi) is 5.74. The number of imidazole rings is 1. The number of rotatable bonds is 3. The van der Waals surface area contributed by atoms with Crippen molar-refractivity contribution in [2.75, 3.05) is 6.54 Å². The monoisotopic (exact) mass is 262 g/mol. The Morgan fingerprint density at radius 2 is 2.16 bits per heavy atom. The number of nitrogens with zero attached hydrogens (tertiary/aromatic N) is 1. The molecule has 19 heavy (non-hydrogen) atoms. The Morgan fingerprint density at radius 1 is 1.37 bits per heavy atom. The van der Waals surface area contributed by atoms with Crippen LogP contribution in [0.2, 0.25) is 0 Å². The lowest BCUT2D eigenvalue weighted by Gasteiger charge is -1.99. The molecule has 0 atom stereocenters. The van der Waals surface area contributed by atoms with Crippen LogP contribution >= 0.6 is 0 Å². The van der Waals surface area contributed by atoms with Crippen molar-refractivity contribution in [2.45, 2.75) is 6.92 Å².